The zero-order valence-electron chi connectivity index (χ0n) is 13.0. The van der Waals surface area contributed by atoms with Gasteiger partial charge in [0.1, 0.15) is 11.5 Å². The predicted octanol–water partition coefficient (Wildman–Crippen LogP) is 3.33. The SMILES string of the molecule is CC1CC1c1ccc(CNC2(CO)CCc3ccccc32)o1. The number of nitrogens with one attached hydrogen (secondary N) is 1. The van der Waals surface area contributed by atoms with Crippen LogP contribution in [0.25, 0.3) is 0 Å². The molecule has 3 heteroatoms. The monoisotopic (exact) mass is 297 g/mol. The molecule has 3 nitrogen and oxygen atoms in total. The number of hydrogen-bond acceptors (Lipinski definition) is 3. The van der Waals surface area contributed by atoms with Gasteiger partial charge in [0.15, 0.2) is 0 Å². The van der Waals surface area contributed by atoms with Gasteiger partial charge in [0.2, 0.25) is 0 Å². The van der Waals surface area contributed by atoms with Gasteiger partial charge in [-0.3, -0.25) is 5.32 Å². The number of aryl methyl sites for hydroxylation is 1. The standard InChI is InChI=1S/C19H23NO2/c1-13-10-16(13)18-7-6-15(22-18)11-20-19(12-21)9-8-14-4-2-3-5-17(14)19/h2-7,13,16,20-21H,8-12H2,1H3. The van der Waals surface area contributed by atoms with Crippen molar-refractivity contribution in [2.45, 2.75) is 44.2 Å². The van der Waals surface area contributed by atoms with Gasteiger partial charge in [0.25, 0.3) is 0 Å². The van der Waals surface area contributed by atoms with Crippen molar-refractivity contribution in [2.75, 3.05) is 6.61 Å². The molecule has 0 radical (unpaired) electrons. The van der Waals surface area contributed by atoms with Crippen LogP contribution in [-0.4, -0.2) is 11.7 Å². The minimum Gasteiger partial charge on any atom is -0.464 e. The fourth-order valence-corrected chi connectivity index (χ4v) is 3.76. The number of fused-ring (bicyclic) bond motifs is 1. The van der Waals surface area contributed by atoms with Crippen molar-refractivity contribution in [1.29, 1.82) is 0 Å². The summed E-state index contributed by atoms with van der Waals surface area (Å²) < 4.78 is 5.97. The minimum absolute atomic E-state index is 0.122. The van der Waals surface area contributed by atoms with E-state index in [9.17, 15) is 5.11 Å². The van der Waals surface area contributed by atoms with Crippen molar-refractivity contribution in [3.8, 4) is 0 Å². The summed E-state index contributed by atoms with van der Waals surface area (Å²) in [6.45, 7) is 3.05. The van der Waals surface area contributed by atoms with E-state index in [1.54, 1.807) is 0 Å². The quantitative estimate of drug-likeness (QED) is 0.890. The highest BCUT2D eigenvalue weighted by Crippen LogP contribution is 2.47. The molecule has 0 aliphatic heterocycles. The molecule has 2 N–H and O–H groups in total. The molecule has 3 unspecified atom stereocenters. The van der Waals surface area contributed by atoms with Gasteiger partial charge in [-0.25, -0.2) is 0 Å². The van der Waals surface area contributed by atoms with Crippen LogP contribution in [0.3, 0.4) is 0 Å². The normalized spacial score (nSPS) is 29.5. The topological polar surface area (TPSA) is 45.4 Å². The number of rotatable bonds is 5. The molecule has 0 bridgehead atoms. The van der Waals surface area contributed by atoms with Gasteiger partial charge in [-0.15, -0.1) is 0 Å². The highest BCUT2D eigenvalue weighted by atomic mass is 16.3. The maximum absolute atomic E-state index is 9.99. The lowest BCUT2D eigenvalue weighted by Crippen LogP contribution is -2.43. The van der Waals surface area contributed by atoms with E-state index in [1.807, 2.05) is 0 Å². The van der Waals surface area contributed by atoms with E-state index in [0.717, 1.165) is 30.3 Å². The molecule has 2 aliphatic carbocycles. The lowest BCUT2D eigenvalue weighted by molar-refractivity contribution is 0.156. The van der Waals surface area contributed by atoms with Crippen molar-refractivity contribution in [3.63, 3.8) is 0 Å². The summed E-state index contributed by atoms with van der Waals surface area (Å²) in [6, 6.07) is 12.6. The Morgan fingerprint density at radius 1 is 1.27 bits per heavy atom. The largest absolute Gasteiger partial charge is 0.464 e. The van der Waals surface area contributed by atoms with E-state index in [4.69, 9.17) is 4.42 Å². The third-order valence-corrected chi connectivity index (χ3v) is 5.38. The molecule has 2 aromatic rings. The molecule has 1 saturated carbocycles. The maximum atomic E-state index is 9.99. The van der Waals surface area contributed by atoms with Gasteiger partial charge in [-0.2, -0.15) is 0 Å². The highest BCUT2D eigenvalue weighted by molar-refractivity contribution is 5.39. The molecule has 116 valence electrons. The lowest BCUT2D eigenvalue weighted by atomic mass is 9.92. The molecule has 0 amide bonds. The van der Waals surface area contributed by atoms with Gasteiger partial charge in [-0.05, 0) is 48.4 Å². The molecular weight excluding hydrogens is 274 g/mol. The number of hydrogen-bond donors (Lipinski definition) is 2. The van der Waals surface area contributed by atoms with Crippen LogP contribution in [-0.2, 0) is 18.5 Å². The predicted molar refractivity (Wildman–Crippen MR) is 85.6 cm³/mol. The van der Waals surface area contributed by atoms with Crippen LogP contribution < -0.4 is 5.32 Å². The van der Waals surface area contributed by atoms with Crippen LogP contribution in [0.2, 0.25) is 0 Å². The van der Waals surface area contributed by atoms with Crippen LogP contribution in [0.5, 0.6) is 0 Å². The Morgan fingerprint density at radius 2 is 2.09 bits per heavy atom. The van der Waals surface area contributed by atoms with Gasteiger partial charge in [-0.1, -0.05) is 31.2 Å². The van der Waals surface area contributed by atoms with E-state index < -0.39 is 0 Å². The van der Waals surface area contributed by atoms with E-state index in [2.05, 4.69) is 48.6 Å². The number of furan rings is 1. The zero-order chi connectivity index (χ0) is 15.2. The first-order valence-corrected chi connectivity index (χ1v) is 8.25. The molecule has 1 heterocycles. The number of aliphatic hydroxyl groups excluding tert-OH is 1. The Kier molecular flexibility index (Phi) is 3.35. The molecule has 4 rings (SSSR count). The Hall–Kier alpha value is -1.58. The fraction of sp³-hybridized carbons (Fsp3) is 0.474. The second kappa shape index (κ2) is 5.25. The molecule has 3 atom stereocenters. The average molecular weight is 297 g/mol. The van der Waals surface area contributed by atoms with E-state index >= 15 is 0 Å². The molecule has 1 aromatic carbocycles. The van der Waals surface area contributed by atoms with Crippen molar-refractivity contribution in [1.82, 2.24) is 5.32 Å². The van der Waals surface area contributed by atoms with E-state index in [0.29, 0.717) is 12.5 Å². The Bertz CT molecular complexity index is 678. The summed E-state index contributed by atoms with van der Waals surface area (Å²) in [5.41, 5.74) is 2.26. The molecule has 1 aromatic heterocycles. The molecule has 0 saturated heterocycles. The average Bonchev–Trinajstić information content (AvgIpc) is 2.99. The zero-order valence-corrected chi connectivity index (χ0v) is 13.0. The van der Waals surface area contributed by atoms with Crippen LogP contribution in [0.15, 0.2) is 40.8 Å². The molecule has 2 aliphatic rings. The van der Waals surface area contributed by atoms with Crippen molar-refractivity contribution < 1.29 is 9.52 Å². The first-order valence-electron chi connectivity index (χ1n) is 8.25. The third kappa shape index (κ3) is 2.29. The summed E-state index contributed by atoms with van der Waals surface area (Å²) in [6.07, 6.45) is 3.21. The van der Waals surface area contributed by atoms with Crippen molar-refractivity contribution in [3.05, 3.63) is 59.0 Å². The van der Waals surface area contributed by atoms with Gasteiger partial charge < -0.3 is 9.52 Å². The summed E-state index contributed by atoms with van der Waals surface area (Å²) in [7, 11) is 0. The van der Waals surface area contributed by atoms with E-state index in [-0.39, 0.29) is 12.1 Å². The molecule has 22 heavy (non-hydrogen) atoms. The van der Waals surface area contributed by atoms with E-state index in [1.165, 1.54) is 17.5 Å². The first kappa shape index (κ1) is 14.0. The third-order valence-electron chi connectivity index (χ3n) is 5.38. The molecular formula is C19H23NO2. The second-order valence-corrected chi connectivity index (χ2v) is 6.87. The maximum Gasteiger partial charge on any atom is 0.117 e. The van der Waals surface area contributed by atoms with Crippen LogP contribution in [0.4, 0.5) is 0 Å². The second-order valence-electron chi connectivity index (χ2n) is 6.87. The summed E-state index contributed by atoms with van der Waals surface area (Å²) >= 11 is 0. The smallest absolute Gasteiger partial charge is 0.117 e. The Labute approximate surface area is 131 Å². The minimum atomic E-state index is -0.323. The molecule has 1 fully saturated rings. The van der Waals surface area contributed by atoms with Gasteiger partial charge in [0.05, 0.1) is 18.7 Å². The highest BCUT2D eigenvalue weighted by Gasteiger charge is 2.38. The summed E-state index contributed by atoms with van der Waals surface area (Å²) in [5.74, 6) is 3.46. The Balaban J connectivity index is 1.49. The van der Waals surface area contributed by atoms with Crippen LogP contribution in [0.1, 0.15) is 48.3 Å². The van der Waals surface area contributed by atoms with Gasteiger partial charge in [0, 0.05) is 5.92 Å². The summed E-state index contributed by atoms with van der Waals surface area (Å²) in [4.78, 5) is 0. The first-order chi connectivity index (χ1) is 10.7. The number of aliphatic hydroxyl groups is 1. The van der Waals surface area contributed by atoms with Crippen molar-refractivity contribution >= 4 is 0 Å². The number of benzene rings is 1. The van der Waals surface area contributed by atoms with Gasteiger partial charge >= 0.3 is 0 Å². The van der Waals surface area contributed by atoms with Crippen LogP contribution >= 0.6 is 0 Å². The Morgan fingerprint density at radius 3 is 2.86 bits per heavy atom. The lowest BCUT2D eigenvalue weighted by Gasteiger charge is -2.29. The molecule has 0 spiro atoms. The van der Waals surface area contributed by atoms with Crippen LogP contribution in [0, 0.1) is 5.92 Å². The van der Waals surface area contributed by atoms with Crippen molar-refractivity contribution in [2.24, 2.45) is 5.92 Å². The summed E-state index contributed by atoms with van der Waals surface area (Å²) in [5, 5.41) is 13.5. The fourth-order valence-electron chi connectivity index (χ4n) is 3.76.